The first-order chi connectivity index (χ1) is 9.25. The molecule has 2 aromatic rings. The smallest absolute Gasteiger partial charge is 0.135 e. The maximum Gasteiger partial charge on any atom is 0.135 e. The van der Waals surface area contributed by atoms with Crippen LogP contribution in [0.25, 0.3) is 11.3 Å². The Morgan fingerprint density at radius 2 is 1.90 bits per heavy atom. The Balaban J connectivity index is 2.67. The van der Waals surface area contributed by atoms with Crippen molar-refractivity contribution in [1.29, 1.82) is 0 Å². The molecule has 1 aromatic heterocycles. The third-order valence-electron chi connectivity index (χ3n) is 3.18. The van der Waals surface area contributed by atoms with Gasteiger partial charge in [0.2, 0.25) is 0 Å². The SMILES string of the molecule is CCn1c(C(C)(C)C)nc(-c2ccc(F)cc2F)c1N. The standard InChI is InChI=1S/C15H19F2N3/c1-5-20-13(18)12(19-14(20)15(2,3)4)10-7-6-9(16)8-11(10)17/h6-8H,5,18H2,1-4H3. The molecular weight excluding hydrogens is 260 g/mol. The van der Waals surface area contributed by atoms with Crippen molar-refractivity contribution in [2.75, 3.05) is 5.73 Å². The van der Waals surface area contributed by atoms with Crippen molar-refractivity contribution in [2.24, 2.45) is 0 Å². The van der Waals surface area contributed by atoms with Gasteiger partial charge in [-0.25, -0.2) is 13.8 Å². The van der Waals surface area contributed by atoms with Crippen molar-refractivity contribution in [3.05, 3.63) is 35.7 Å². The average molecular weight is 279 g/mol. The number of anilines is 1. The van der Waals surface area contributed by atoms with Crippen LogP contribution in [0.5, 0.6) is 0 Å². The summed E-state index contributed by atoms with van der Waals surface area (Å²) < 4.78 is 28.8. The van der Waals surface area contributed by atoms with Crippen LogP contribution in [0.3, 0.4) is 0 Å². The van der Waals surface area contributed by atoms with E-state index in [1.54, 1.807) is 0 Å². The van der Waals surface area contributed by atoms with Crippen LogP contribution in [0.1, 0.15) is 33.5 Å². The lowest BCUT2D eigenvalue weighted by atomic mass is 9.95. The zero-order chi connectivity index (χ0) is 15.1. The lowest BCUT2D eigenvalue weighted by Crippen LogP contribution is -2.19. The van der Waals surface area contributed by atoms with Gasteiger partial charge in [-0.2, -0.15) is 0 Å². The minimum absolute atomic E-state index is 0.209. The van der Waals surface area contributed by atoms with Crippen LogP contribution in [0, 0.1) is 11.6 Å². The van der Waals surface area contributed by atoms with Crippen LogP contribution < -0.4 is 5.73 Å². The predicted octanol–water partition coefficient (Wildman–Crippen LogP) is 3.73. The van der Waals surface area contributed by atoms with E-state index in [-0.39, 0.29) is 11.0 Å². The van der Waals surface area contributed by atoms with E-state index in [0.29, 0.717) is 18.1 Å². The van der Waals surface area contributed by atoms with E-state index < -0.39 is 11.6 Å². The summed E-state index contributed by atoms with van der Waals surface area (Å²) in [4.78, 5) is 4.49. The Kier molecular flexibility index (Phi) is 3.54. The van der Waals surface area contributed by atoms with Gasteiger partial charge in [0, 0.05) is 23.6 Å². The lowest BCUT2D eigenvalue weighted by Gasteiger charge is -2.19. The van der Waals surface area contributed by atoms with E-state index >= 15 is 0 Å². The van der Waals surface area contributed by atoms with Gasteiger partial charge in [-0.15, -0.1) is 0 Å². The molecule has 0 saturated carbocycles. The second-order valence-electron chi connectivity index (χ2n) is 5.79. The predicted molar refractivity (Wildman–Crippen MR) is 76.4 cm³/mol. The van der Waals surface area contributed by atoms with Gasteiger partial charge in [-0.1, -0.05) is 20.8 Å². The molecule has 20 heavy (non-hydrogen) atoms. The normalized spacial score (nSPS) is 11.9. The second-order valence-corrected chi connectivity index (χ2v) is 5.79. The molecule has 2 N–H and O–H groups in total. The zero-order valence-electron chi connectivity index (χ0n) is 12.2. The average Bonchev–Trinajstić information content (AvgIpc) is 2.66. The molecule has 0 amide bonds. The number of nitrogen functional groups attached to an aromatic ring is 1. The molecule has 0 fully saturated rings. The van der Waals surface area contributed by atoms with Crippen LogP contribution >= 0.6 is 0 Å². The first-order valence-corrected chi connectivity index (χ1v) is 6.57. The first kappa shape index (κ1) is 14.5. The summed E-state index contributed by atoms with van der Waals surface area (Å²) in [6.07, 6.45) is 0. The Morgan fingerprint density at radius 1 is 1.25 bits per heavy atom. The van der Waals surface area contributed by atoms with Crippen molar-refractivity contribution in [1.82, 2.24) is 9.55 Å². The number of imidazole rings is 1. The number of nitrogens with two attached hydrogens (primary N) is 1. The summed E-state index contributed by atoms with van der Waals surface area (Å²) in [6, 6.07) is 3.42. The molecule has 1 aromatic carbocycles. The number of nitrogens with zero attached hydrogens (tertiary/aromatic N) is 2. The highest BCUT2D eigenvalue weighted by molar-refractivity contribution is 5.71. The lowest BCUT2D eigenvalue weighted by molar-refractivity contribution is 0.508. The number of hydrogen-bond acceptors (Lipinski definition) is 2. The van der Waals surface area contributed by atoms with E-state index in [0.717, 1.165) is 11.9 Å². The fourth-order valence-corrected chi connectivity index (χ4v) is 2.24. The highest BCUT2D eigenvalue weighted by Gasteiger charge is 2.25. The maximum atomic E-state index is 13.9. The van der Waals surface area contributed by atoms with E-state index in [4.69, 9.17) is 5.73 Å². The molecule has 1 heterocycles. The van der Waals surface area contributed by atoms with Gasteiger partial charge in [0.25, 0.3) is 0 Å². The van der Waals surface area contributed by atoms with Gasteiger partial charge in [-0.05, 0) is 19.1 Å². The van der Waals surface area contributed by atoms with Gasteiger partial charge >= 0.3 is 0 Å². The Labute approximate surface area is 117 Å². The Morgan fingerprint density at radius 3 is 2.35 bits per heavy atom. The van der Waals surface area contributed by atoms with Crippen molar-refractivity contribution < 1.29 is 8.78 Å². The fraction of sp³-hybridized carbons (Fsp3) is 0.400. The van der Waals surface area contributed by atoms with Crippen molar-refractivity contribution in [3.63, 3.8) is 0 Å². The zero-order valence-corrected chi connectivity index (χ0v) is 12.2. The molecule has 0 atom stereocenters. The summed E-state index contributed by atoms with van der Waals surface area (Å²) in [7, 11) is 0. The maximum absolute atomic E-state index is 13.9. The molecule has 5 heteroatoms. The summed E-state index contributed by atoms with van der Waals surface area (Å²) in [5, 5.41) is 0. The number of benzene rings is 1. The third-order valence-corrected chi connectivity index (χ3v) is 3.18. The van der Waals surface area contributed by atoms with Gasteiger partial charge < -0.3 is 10.3 Å². The summed E-state index contributed by atoms with van der Waals surface area (Å²) >= 11 is 0. The van der Waals surface area contributed by atoms with Crippen LogP contribution in [0.15, 0.2) is 18.2 Å². The molecule has 0 bridgehead atoms. The van der Waals surface area contributed by atoms with Gasteiger partial charge in [0.1, 0.15) is 29.0 Å². The van der Waals surface area contributed by atoms with E-state index in [2.05, 4.69) is 4.98 Å². The highest BCUT2D eigenvalue weighted by Crippen LogP contribution is 2.33. The molecule has 0 aliphatic carbocycles. The molecule has 0 saturated heterocycles. The van der Waals surface area contributed by atoms with Gasteiger partial charge in [0.05, 0.1) is 0 Å². The number of halogens is 2. The van der Waals surface area contributed by atoms with Crippen LogP contribution in [0.4, 0.5) is 14.6 Å². The van der Waals surface area contributed by atoms with E-state index in [1.807, 2.05) is 32.3 Å². The summed E-state index contributed by atoms with van der Waals surface area (Å²) in [5.74, 6) is -0.0761. The van der Waals surface area contributed by atoms with Crippen LogP contribution in [-0.4, -0.2) is 9.55 Å². The van der Waals surface area contributed by atoms with Crippen molar-refractivity contribution in [3.8, 4) is 11.3 Å². The number of hydrogen-bond donors (Lipinski definition) is 1. The minimum atomic E-state index is -0.655. The molecule has 0 aliphatic heterocycles. The summed E-state index contributed by atoms with van der Waals surface area (Å²) in [5.41, 5.74) is 6.47. The first-order valence-electron chi connectivity index (χ1n) is 6.57. The van der Waals surface area contributed by atoms with Crippen molar-refractivity contribution >= 4 is 5.82 Å². The monoisotopic (exact) mass is 279 g/mol. The van der Waals surface area contributed by atoms with Crippen molar-refractivity contribution in [2.45, 2.75) is 39.7 Å². The Hall–Kier alpha value is -1.91. The second kappa shape index (κ2) is 4.89. The minimum Gasteiger partial charge on any atom is -0.383 e. The third kappa shape index (κ3) is 2.40. The molecule has 3 nitrogen and oxygen atoms in total. The van der Waals surface area contributed by atoms with Crippen LogP contribution in [0.2, 0.25) is 0 Å². The van der Waals surface area contributed by atoms with Gasteiger partial charge in [0.15, 0.2) is 0 Å². The fourth-order valence-electron chi connectivity index (χ4n) is 2.24. The quantitative estimate of drug-likeness (QED) is 0.910. The summed E-state index contributed by atoms with van der Waals surface area (Å²) in [6.45, 7) is 8.66. The topological polar surface area (TPSA) is 43.8 Å². The number of rotatable bonds is 2. The van der Waals surface area contributed by atoms with Crippen LogP contribution in [-0.2, 0) is 12.0 Å². The van der Waals surface area contributed by atoms with Gasteiger partial charge in [-0.3, -0.25) is 0 Å². The van der Waals surface area contributed by atoms with E-state index in [1.165, 1.54) is 12.1 Å². The number of aromatic nitrogens is 2. The van der Waals surface area contributed by atoms with E-state index in [9.17, 15) is 8.78 Å². The molecule has 0 radical (unpaired) electrons. The molecule has 0 unspecified atom stereocenters. The molecule has 0 aliphatic rings. The molecule has 108 valence electrons. The molecular formula is C15H19F2N3. The Bertz CT molecular complexity index is 639. The molecule has 0 spiro atoms. The largest absolute Gasteiger partial charge is 0.383 e. The molecule has 2 rings (SSSR count). The highest BCUT2D eigenvalue weighted by atomic mass is 19.1.